The molecule has 0 aliphatic heterocycles. The molecule has 144 valence electrons. The summed E-state index contributed by atoms with van der Waals surface area (Å²) in [6.07, 6.45) is 4.86. The van der Waals surface area contributed by atoms with Crippen molar-refractivity contribution < 1.29 is 17.9 Å². The summed E-state index contributed by atoms with van der Waals surface area (Å²) in [7, 11) is -3.84. The number of aromatic nitrogens is 2. The number of nitrogens with zero attached hydrogens (tertiary/aromatic N) is 2. The summed E-state index contributed by atoms with van der Waals surface area (Å²) >= 11 is 1.32. The minimum Gasteiger partial charge on any atom is -0.466 e. The zero-order valence-electron chi connectivity index (χ0n) is 14.6. The highest BCUT2D eigenvalue weighted by Gasteiger charge is 2.37. The van der Waals surface area contributed by atoms with Gasteiger partial charge in [0, 0.05) is 17.3 Å². The number of hydrogen-bond acceptors (Lipinski definition) is 6. The zero-order chi connectivity index (χ0) is 19.6. The first-order valence-electron chi connectivity index (χ1n) is 8.39. The van der Waals surface area contributed by atoms with E-state index < -0.39 is 15.6 Å². The number of hydrogen-bond donors (Lipinski definition) is 2. The lowest BCUT2D eigenvalue weighted by atomic mass is 9.99. The van der Waals surface area contributed by atoms with Crippen molar-refractivity contribution in [2.75, 3.05) is 6.54 Å². The molecule has 3 aromatic heterocycles. The normalized spacial score (nSPS) is 14.0. The monoisotopic (exact) mass is 415 g/mol. The van der Waals surface area contributed by atoms with E-state index in [1.807, 2.05) is 5.38 Å². The molecule has 0 radical (unpaired) electrons. The highest BCUT2D eigenvalue weighted by molar-refractivity contribution is 7.89. The maximum absolute atomic E-state index is 12.7. The first-order valence-corrected chi connectivity index (χ1v) is 10.8. The average molecular weight is 415 g/mol. The Balaban J connectivity index is 1.57. The summed E-state index contributed by atoms with van der Waals surface area (Å²) < 4.78 is 35.0. The molecular formula is C19H17N3O4S2. The molecule has 0 spiro atoms. The highest BCUT2D eigenvalue weighted by atomic mass is 32.2. The fourth-order valence-electron chi connectivity index (χ4n) is 2.81. The lowest BCUT2D eigenvalue weighted by molar-refractivity contribution is 0.0655. The topological polar surface area (TPSA) is 97.4 Å². The van der Waals surface area contributed by atoms with Gasteiger partial charge in [0.2, 0.25) is 10.0 Å². The first kappa shape index (κ1) is 18.6. The largest absolute Gasteiger partial charge is 0.466 e. The molecule has 9 heteroatoms. The molecule has 0 aliphatic carbocycles. The second kappa shape index (κ2) is 7.36. The fourth-order valence-corrected chi connectivity index (χ4v) is 4.69. The van der Waals surface area contributed by atoms with Gasteiger partial charge >= 0.3 is 0 Å². The van der Waals surface area contributed by atoms with Crippen LogP contribution >= 0.6 is 11.3 Å². The van der Waals surface area contributed by atoms with E-state index in [0.29, 0.717) is 4.88 Å². The molecule has 4 rings (SSSR count). The Hall–Kier alpha value is -2.72. The quantitative estimate of drug-likeness (QED) is 0.484. The van der Waals surface area contributed by atoms with E-state index in [-0.39, 0.29) is 17.2 Å². The van der Waals surface area contributed by atoms with Crippen molar-refractivity contribution in [1.82, 2.24) is 14.5 Å². The maximum Gasteiger partial charge on any atom is 0.240 e. The van der Waals surface area contributed by atoms with E-state index >= 15 is 0 Å². The lowest BCUT2D eigenvalue weighted by Crippen LogP contribution is -2.40. The second-order valence-corrected chi connectivity index (χ2v) is 8.80. The van der Waals surface area contributed by atoms with Gasteiger partial charge in [-0.05, 0) is 53.9 Å². The molecule has 0 saturated heterocycles. The Bertz CT molecular complexity index is 1080. The van der Waals surface area contributed by atoms with E-state index in [4.69, 9.17) is 4.42 Å². The number of benzene rings is 1. The number of aliphatic hydroxyl groups is 1. The van der Waals surface area contributed by atoms with Crippen molar-refractivity contribution in [1.29, 1.82) is 0 Å². The number of furan rings is 1. The van der Waals surface area contributed by atoms with E-state index in [9.17, 15) is 13.5 Å². The summed E-state index contributed by atoms with van der Waals surface area (Å²) in [5.41, 5.74) is -0.852. The van der Waals surface area contributed by atoms with Crippen molar-refractivity contribution in [3.05, 3.63) is 89.3 Å². The van der Waals surface area contributed by atoms with Gasteiger partial charge in [-0.15, -0.1) is 11.3 Å². The van der Waals surface area contributed by atoms with Gasteiger partial charge in [-0.25, -0.2) is 17.8 Å². The van der Waals surface area contributed by atoms with Gasteiger partial charge in [0.15, 0.2) is 5.60 Å². The van der Waals surface area contributed by atoms with Gasteiger partial charge in [0.25, 0.3) is 0 Å². The molecular weight excluding hydrogens is 398 g/mol. The summed E-state index contributed by atoms with van der Waals surface area (Å²) in [6.45, 7) is -0.260. The number of thiophene rings is 1. The van der Waals surface area contributed by atoms with Crippen molar-refractivity contribution in [2.24, 2.45) is 0 Å². The number of sulfonamides is 1. The van der Waals surface area contributed by atoms with E-state index in [2.05, 4.69) is 9.82 Å². The Labute approximate surface area is 165 Å². The SMILES string of the molecule is O=S(=O)(NCC(O)(c1ccco1)c1cccs1)c1ccc(-n2cccn2)cc1. The van der Waals surface area contributed by atoms with Gasteiger partial charge in [-0.1, -0.05) is 6.07 Å². The van der Waals surface area contributed by atoms with E-state index in [1.165, 1.54) is 29.7 Å². The van der Waals surface area contributed by atoms with Crippen LogP contribution in [0.25, 0.3) is 5.69 Å². The number of nitrogens with one attached hydrogen (secondary N) is 1. The molecule has 1 unspecified atom stereocenters. The predicted octanol–water partition coefficient (Wildman–Crippen LogP) is 2.74. The van der Waals surface area contributed by atoms with Gasteiger partial charge in [-0.3, -0.25) is 0 Å². The van der Waals surface area contributed by atoms with Crippen LogP contribution in [0.4, 0.5) is 0 Å². The molecule has 1 atom stereocenters. The minimum atomic E-state index is -3.84. The average Bonchev–Trinajstić information content (AvgIpc) is 3.49. The minimum absolute atomic E-state index is 0.0939. The molecule has 0 amide bonds. The van der Waals surface area contributed by atoms with Crippen LogP contribution in [0.1, 0.15) is 10.6 Å². The van der Waals surface area contributed by atoms with Gasteiger partial charge in [0.1, 0.15) is 5.76 Å². The molecule has 4 aromatic rings. The van der Waals surface area contributed by atoms with Crippen LogP contribution in [0.3, 0.4) is 0 Å². The maximum atomic E-state index is 12.7. The molecule has 0 saturated carbocycles. The van der Waals surface area contributed by atoms with Crippen molar-refractivity contribution in [2.45, 2.75) is 10.5 Å². The van der Waals surface area contributed by atoms with Crippen LogP contribution in [0.2, 0.25) is 0 Å². The van der Waals surface area contributed by atoms with E-state index in [0.717, 1.165) is 5.69 Å². The van der Waals surface area contributed by atoms with Gasteiger partial charge < -0.3 is 9.52 Å². The molecule has 0 bridgehead atoms. The molecule has 0 aliphatic rings. The molecule has 3 heterocycles. The van der Waals surface area contributed by atoms with Crippen LogP contribution in [0.15, 0.2) is 87.9 Å². The summed E-state index contributed by atoms with van der Waals surface area (Å²) in [5, 5.41) is 17.1. The van der Waals surface area contributed by atoms with Crippen molar-refractivity contribution in [3.63, 3.8) is 0 Å². The third-order valence-corrected chi connectivity index (χ3v) is 6.73. The standard InChI is InChI=1S/C19H17N3O4S2/c23-19(17-4-1-12-26-17,18-5-2-13-27-18)14-21-28(24,25)16-8-6-15(7-9-16)22-11-3-10-20-22/h1-13,21,23H,14H2. The van der Waals surface area contributed by atoms with Crippen LogP contribution < -0.4 is 4.72 Å². The van der Waals surface area contributed by atoms with Gasteiger partial charge in [-0.2, -0.15) is 5.10 Å². The Morgan fingerprint density at radius 3 is 2.57 bits per heavy atom. The number of rotatable bonds is 7. The lowest BCUT2D eigenvalue weighted by Gasteiger charge is -2.25. The Morgan fingerprint density at radius 2 is 1.96 bits per heavy atom. The fraction of sp³-hybridized carbons (Fsp3) is 0.105. The molecule has 2 N–H and O–H groups in total. The molecule has 0 fully saturated rings. The zero-order valence-corrected chi connectivity index (χ0v) is 16.2. The van der Waals surface area contributed by atoms with Crippen LogP contribution in [-0.4, -0.2) is 29.8 Å². The predicted molar refractivity (Wildman–Crippen MR) is 105 cm³/mol. The van der Waals surface area contributed by atoms with Crippen LogP contribution in [-0.2, 0) is 15.6 Å². The molecule has 7 nitrogen and oxygen atoms in total. The summed E-state index contributed by atoms with van der Waals surface area (Å²) in [5.74, 6) is 0.270. The van der Waals surface area contributed by atoms with E-state index in [1.54, 1.807) is 59.5 Å². The highest BCUT2D eigenvalue weighted by Crippen LogP contribution is 2.33. The molecule has 1 aromatic carbocycles. The van der Waals surface area contributed by atoms with Crippen molar-refractivity contribution in [3.8, 4) is 5.69 Å². The second-order valence-electron chi connectivity index (χ2n) is 6.08. The van der Waals surface area contributed by atoms with Crippen molar-refractivity contribution >= 4 is 21.4 Å². The van der Waals surface area contributed by atoms with Crippen LogP contribution in [0.5, 0.6) is 0 Å². The third-order valence-electron chi connectivity index (χ3n) is 4.29. The summed E-state index contributed by atoms with van der Waals surface area (Å²) in [6, 6.07) is 14.9. The van der Waals surface area contributed by atoms with Gasteiger partial charge in [0.05, 0.1) is 23.4 Å². The first-order chi connectivity index (χ1) is 13.5. The molecule has 28 heavy (non-hydrogen) atoms. The Kier molecular flexibility index (Phi) is 4.90. The Morgan fingerprint density at radius 1 is 1.14 bits per heavy atom. The summed E-state index contributed by atoms with van der Waals surface area (Å²) in [4.78, 5) is 0.676. The van der Waals surface area contributed by atoms with Crippen LogP contribution in [0, 0.1) is 0 Å². The smallest absolute Gasteiger partial charge is 0.240 e. The third kappa shape index (κ3) is 3.52.